The van der Waals surface area contributed by atoms with Crippen LogP contribution >= 0.6 is 11.8 Å². The first-order chi connectivity index (χ1) is 6.83. The quantitative estimate of drug-likeness (QED) is 0.708. The number of thioether (sulfide) groups is 1. The van der Waals surface area contributed by atoms with Crippen molar-refractivity contribution < 1.29 is 0 Å². The second-order valence-corrected chi connectivity index (χ2v) is 5.75. The Morgan fingerprint density at radius 1 is 1.21 bits per heavy atom. The molecule has 0 saturated carbocycles. The van der Waals surface area contributed by atoms with Gasteiger partial charge in [0.25, 0.3) is 0 Å². The summed E-state index contributed by atoms with van der Waals surface area (Å²) in [6, 6.07) is 0. The van der Waals surface area contributed by atoms with E-state index >= 15 is 0 Å². The van der Waals surface area contributed by atoms with Crippen molar-refractivity contribution in [3.8, 4) is 0 Å². The molecule has 1 rings (SSSR count). The zero-order valence-electron chi connectivity index (χ0n) is 9.80. The standard InChI is InChI=1S/C12H25NS/c1-3-8-13(2)11-12-6-4-9-14-10-5-7-12/h12H,3-11H2,1-2H3. The van der Waals surface area contributed by atoms with Crippen LogP contribution in [-0.2, 0) is 0 Å². The van der Waals surface area contributed by atoms with Crippen molar-refractivity contribution in [1.29, 1.82) is 0 Å². The molecule has 14 heavy (non-hydrogen) atoms. The Balaban J connectivity index is 2.19. The van der Waals surface area contributed by atoms with Crippen molar-refractivity contribution >= 4 is 11.8 Å². The maximum atomic E-state index is 2.51. The molecule has 1 aliphatic rings. The molecule has 0 spiro atoms. The molecule has 1 heterocycles. The summed E-state index contributed by atoms with van der Waals surface area (Å²) in [4.78, 5) is 2.51. The maximum Gasteiger partial charge on any atom is 0.000661 e. The topological polar surface area (TPSA) is 3.24 Å². The molecule has 0 unspecified atom stereocenters. The largest absolute Gasteiger partial charge is 0.306 e. The van der Waals surface area contributed by atoms with Gasteiger partial charge in [0.05, 0.1) is 0 Å². The van der Waals surface area contributed by atoms with Gasteiger partial charge in [-0.25, -0.2) is 0 Å². The van der Waals surface area contributed by atoms with E-state index in [9.17, 15) is 0 Å². The van der Waals surface area contributed by atoms with Gasteiger partial charge < -0.3 is 4.90 Å². The van der Waals surface area contributed by atoms with E-state index < -0.39 is 0 Å². The molecular weight excluding hydrogens is 190 g/mol. The van der Waals surface area contributed by atoms with Crippen LogP contribution in [0.15, 0.2) is 0 Å². The molecule has 1 saturated heterocycles. The van der Waals surface area contributed by atoms with Gasteiger partial charge in [-0.15, -0.1) is 0 Å². The first kappa shape index (κ1) is 12.4. The van der Waals surface area contributed by atoms with E-state index in [1.807, 2.05) is 0 Å². The van der Waals surface area contributed by atoms with Crippen LogP contribution in [0.2, 0.25) is 0 Å². The fourth-order valence-electron chi connectivity index (χ4n) is 2.29. The zero-order valence-corrected chi connectivity index (χ0v) is 10.6. The van der Waals surface area contributed by atoms with Crippen LogP contribution in [0.4, 0.5) is 0 Å². The van der Waals surface area contributed by atoms with Crippen molar-refractivity contribution in [2.75, 3.05) is 31.6 Å². The van der Waals surface area contributed by atoms with E-state index in [1.54, 1.807) is 0 Å². The molecule has 1 fully saturated rings. The summed E-state index contributed by atoms with van der Waals surface area (Å²) >= 11 is 2.15. The average molecular weight is 215 g/mol. The second-order valence-electron chi connectivity index (χ2n) is 4.53. The summed E-state index contributed by atoms with van der Waals surface area (Å²) in [5.41, 5.74) is 0. The van der Waals surface area contributed by atoms with Crippen molar-refractivity contribution in [1.82, 2.24) is 4.90 Å². The van der Waals surface area contributed by atoms with Crippen molar-refractivity contribution in [3.05, 3.63) is 0 Å². The molecular formula is C12H25NS. The van der Waals surface area contributed by atoms with Gasteiger partial charge in [-0.05, 0) is 63.1 Å². The molecule has 0 amide bonds. The zero-order chi connectivity index (χ0) is 10.2. The molecule has 0 atom stereocenters. The lowest BCUT2D eigenvalue weighted by atomic mass is 9.97. The Bertz CT molecular complexity index is 130. The van der Waals surface area contributed by atoms with Gasteiger partial charge in [-0.2, -0.15) is 11.8 Å². The minimum absolute atomic E-state index is 0.979. The van der Waals surface area contributed by atoms with Crippen molar-refractivity contribution in [3.63, 3.8) is 0 Å². The molecule has 1 aliphatic heterocycles. The summed E-state index contributed by atoms with van der Waals surface area (Å²) in [5, 5.41) is 0. The highest BCUT2D eigenvalue weighted by atomic mass is 32.2. The molecule has 2 heteroatoms. The van der Waals surface area contributed by atoms with Gasteiger partial charge >= 0.3 is 0 Å². The number of hydrogen-bond donors (Lipinski definition) is 0. The van der Waals surface area contributed by atoms with Gasteiger partial charge in [0.1, 0.15) is 0 Å². The highest BCUT2D eigenvalue weighted by molar-refractivity contribution is 7.99. The second kappa shape index (κ2) is 7.58. The van der Waals surface area contributed by atoms with E-state index in [-0.39, 0.29) is 0 Å². The lowest BCUT2D eigenvalue weighted by molar-refractivity contribution is 0.256. The normalized spacial score (nSPS) is 20.8. The SMILES string of the molecule is CCCN(C)CC1CCCSCCC1. The molecule has 0 bridgehead atoms. The third kappa shape index (κ3) is 5.26. The molecule has 0 N–H and O–H groups in total. The molecule has 0 aromatic heterocycles. The Morgan fingerprint density at radius 2 is 1.86 bits per heavy atom. The number of nitrogens with zero attached hydrogens (tertiary/aromatic N) is 1. The predicted octanol–water partition coefficient (Wildman–Crippen LogP) is 3.25. The van der Waals surface area contributed by atoms with Gasteiger partial charge in [0.2, 0.25) is 0 Å². The summed E-state index contributed by atoms with van der Waals surface area (Å²) in [7, 11) is 2.27. The first-order valence-electron chi connectivity index (χ1n) is 6.09. The summed E-state index contributed by atoms with van der Waals surface area (Å²) in [6.45, 7) is 4.87. The molecule has 1 nitrogen and oxygen atoms in total. The minimum Gasteiger partial charge on any atom is -0.306 e. The van der Waals surface area contributed by atoms with E-state index in [0.717, 1.165) is 5.92 Å². The molecule has 84 valence electrons. The molecule has 0 aromatic carbocycles. The van der Waals surface area contributed by atoms with E-state index in [0.29, 0.717) is 0 Å². The Kier molecular flexibility index (Phi) is 6.70. The maximum absolute atomic E-state index is 2.51. The van der Waals surface area contributed by atoms with Crippen LogP contribution in [0.5, 0.6) is 0 Å². The molecule has 0 radical (unpaired) electrons. The fourth-order valence-corrected chi connectivity index (χ4v) is 3.24. The average Bonchev–Trinajstić information content (AvgIpc) is 2.10. The Hall–Kier alpha value is 0.310. The van der Waals surface area contributed by atoms with Gasteiger partial charge in [-0.1, -0.05) is 6.92 Å². The van der Waals surface area contributed by atoms with Crippen molar-refractivity contribution in [2.24, 2.45) is 5.92 Å². The van der Waals surface area contributed by atoms with E-state index in [4.69, 9.17) is 0 Å². The third-order valence-corrected chi connectivity index (χ3v) is 4.13. The smallest absolute Gasteiger partial charge is 0.000661 e. The number of rotatable bonds is 4. The highest BCUT2D eigenvalue weighted by Gasteiger charge is 2.12. The molecule has 0 aliphatic carbocycles. The highest BCUT2D eigenvalue weighted by Crippen LogP contribution is 2.22. The van der Waals surface area contributed by atoms with Gasteiger partial charge in [0.15, 0.2) is 0 Å². The summed E-state index contributed by atoms with van der Waals surface area (Å²) in [5.74, 6) is 3.77. The fraction of sp³-hybridized carbons (Fsp3) is 1.00. The minimum atomic E-state index is 0.979. The first-order valence-corrected chi connectivity index (χ1v) is 7.24. The van der Waals surface area contributed by atoms with Crippen LogP contribution in [0.1, 0.15) is 39.0 Å². The third-order valence-electron chi connectivity index (χ3n) is 2.98. The monoisotopic (exact) mass is 215 g/mol. The van der Waals surface area contributed by atoms with Gasteiger partial charge in [-0.3, -0.25) is 0 Å². The van der Waals surface area contributed by atoms with Crippen LogP contribution in [0.25, 0.3) is 0 Å². The number of hydrogen-bond acceptors (Lipinski definition) is 2. The Labute approximate surface area is 93.6 Å². The summed E-state index contributed by atoms with van der Waals surface area (Å²) < 4.78 is 0. The Morgan fingerprint density at radius 3 is 2.43 bits per heavy atom. The lowest BCUT2D eigenvalue weighted by Crippen LogP contribution is -2.27. The summed E-state index contributed by atoms with van der Waals surface area (Å²) in [6.07, 6.45) is 7.09. The lowest BCUT2D eigenvalue weighted by Gasteiger charge is -2.25. The van der Waals surface area contributed by atoms with Crippen molar-refractivity contribution in [2.45, 2.75) is 39.0 Å². The van der Waals surface area contributed by atoms with E-state index in [2.05, 4.69) is 30.6 Å². The van der Waals surface area contributed by atoms with Crippen LogP contribution in [0.3, 0.4) is 0 Å². The van der Waals surface area contributed by atoms with Crippen LogP contribution in [0, 0.1) is 5.92 Å². The van der Waals surface area contributed by atoms with E-state index in [1.165, 1.54) is 56.7 Å². The van der Waals surface area contributed by atoms with Crippen LogP contribution < -0.4 is 0 Å². The van der Waals surface area contributed by atoms with Crippen LogP contribution in [-0.4, -0.2) is 36.5 Å². The predicted molar refractivity (Wildman–Crippen MR) is 67.1 cm³/mol. The van der Waals surface area contributed by atoms with Gasteiger partial charge in [0, 0.05) is 6.54 Å². The molecule has 0 aromatic rings.